The number of esters is 1. The molecule has 3 N–H and O–H groups in total. The zero-order valence-electron chi connectivity index (χ0n) is 16.9. The predicted octanol–water partition coefficient (Wildman–Crippen LogP) is 1.88. The lowest BCUT2D eigenvalue weighted by molar-refractivity contribution is -0.825. The van der Waals surface area contributed by atoms with Gasteiger partial charge in [0.05, 0.1) is 12.3 Å². The lowest BCUT2D eigenvalue weighted by Crippen LogP contribution is -2.74. The van der Waals surface area contributed by atoms with E-state index in [2.05, 4.69) is 0 Å². The van der Waals surface area contributed by atoms with Crippen LogP contribution >= 0.6 is 0 Å². The molecule has 1 heterocycles. The summed E-state index contributed by atoms with van der Waals surface area (Å²) in [6.07, 6.45) is 1.18. The van der Waals surface area contributed by atoms with E-state index in [0.29, 0.717) is 42.9 Å². The van der Waals surface area contributed by atoms with Gasteiger partial charge in [0, 0.05) is 25.5 Å². The zero-order valence-corrected chi connectivity index (χ0v) is 16.9. The third-order valence-corrected chi connectivity index (χ3v) is 4.87. The number of carbonyl (C=O) groups is 3. The summed E-state index contributed by atoms with van der Waals surface area (Å²) >= 11 is 0. The van der Waals surface area contributed by atoms with Gasteiger partial charge < -0.3 is 9.64 Å². The Morgan fingerprint density at radius 2 is 1.83 bits per heavy atom. The number of hydrogen-bond acceptors (Lipinski definition) is 6. The van der Waals surface area contributed by atoms with Crippen LogP contribution in [-0.2, 0) is 25.7 Å². The van der Waals surface area contributed by atoms with Crippen molar-refractivity contribution >= 4 is 34.8 Å². The second kappa shape index (κ2) is 10.00. The van der Waals surface area contributed by atoms with Gasteiger partial charge in [0.2, 0.25) is 11.8 Å². The number of carbonyl (C=O) groups excluding carboxylic acids is 3. The van der Waals surface area contributed by atoms with Gasteiger partial charge in [0.1, 0.15) is 12.2 Å². The quantitative estimate of drug-likeness (QED) is 0.297. The van der Waals surface area contributed by atoms with Crippen molar-refractivity contribution in [3.63, 3.8) is 0 Å². The molecule has 3 rings (SSSR count). The number of hydrogen-bond donors (Lipinski definition) is 2. The number of amides is 2. The van der Waals surface area contributed by atoms with Gasteiger partial charge >= 0.3 is 5.97 Å². The van der Waals surface area contributed by atoms with Crippen molar-refractivity contribution in [2.45, 2.75) is 32.7 Å². The maximum absolute atomic E-state index is 12.2. The fraction of sp³-hybridized carbons (Fsp3) is 0.318. The van der Waals surface area contributed by atoms with Crippen molar-refractivity contribution in [3.8, 4) is 0 Å². The molecule has 0 atom stereocenters. The molecule has 1 fully saturated rings. The van der Waals surface area contributed by atoms with E-state index in [1.165, 1.54) is 0 Å². The Morgan fingerprint density at radius 1 is 1.13 bits per heavy atom. The fourth-order valence-corrected chi connectivity index (χ4v) is 3.51. The van der Waals surface area contributed by atoms with Crippen LogP contribution in [0.25, 0.3) is 0 Å². The minimum absolute atomic E-state index is 0.00943. The molecule has 2 amide bonds. The van der Waals surface area contributed by atoms with Crippen LogP contribution in [0.1, 0.15) is 31.7 Å². The highest BCUT2D eigenvalue weighted by Gasteiger charge is 2.29. The SMILES string of the molecule is CCOC(=O)CN(Cc1ccccc1)c1ccc(N2C(=O)CCCC2=O)cc1[NH2+]O. The third kappa shape index (κ3) is 5.03. The van der Waals surface area contributed by atoms with E-state index in [1.54, 1.807) is 30.0 Å². The number of nitrogens with two attached hydrogens (primary N) is 1. The highest BCUT2D eigenvalue weighted by Crippen LogP contribution is 2.31. The monoisotopic (exact) mass is 412 g/mol. The van der Waals surface area contributed by atoms with Gasteiger partial charge in [0.25, 0.3) is 0 Å². The van der Waals surface area contributed by atoms with E-state index in [1.807, 2.05) is 30.3 Å². The highest BCUT2D eigenvalue weighted by atomic mass is 16.5. The van der Waals surface area contributed by atoms with Crippen molar-refractivity contribution in [2.24, 2.45) is 0 Å². The Hall–Kier alpha value is -3.23. The first-order chi connectivity index (χ1) is 14.5. The number of rotatable bonds is 8. The first-order valence-electron chi connectivity index (χ1n) is 9.95. The largest absolute Gasteiger partial charge is 0.465 e. The minimum atomic E-state index is -0.386. The van der Waals surface area contributed by atoms with E-state index in [0.717, 1.165) is 15.9 Å². The number of nitrogens with zero attached hydrogens (tertiary/aromatic N) is 2. The van der Waals surface area contributed by atoms with E-state index in [-0.39, 0.29) is 30.9 Å². The minimum Gasteiger partial charge on any atom is -0.465 e. The zero-order chi connectivity index (χ0) is 21.5. The Labute approximate surface area is 175 Å². The third-order valence-electron chi connectivity index (χ3n) is 4.87. The van der Waals surface area contributed by atoms with Crippen LogP contribution in [-0.4, -0.2) is 36.1 Å². The van der Waals surface area contributed by atoms with Crippen molar-refractivity contribution in [1.82, 2.24) is 0 Å². The summed E-state index contributed by atoms with van der Waals surface area (Å²) < 4.78 is 5.10. The molecule has 1 aliphatic rings. The summed E-state index contributed by atoms with van der Waals surface area (Å²) in [7, 11) is 0. The molecule has 2 aromatic rings. The molecule has 8 heteroatoms. The first kappa shape index (κ1) is 21.5. The number of piperidine rings is 1. The average molecular weight is 412 g/mol. The summed E-state index contributed by atoms with van der Waals surface area (Å²) in [5.41, 5.74) is 3.30. The fourth-order valence-electron chi connectivity index (χ4n) is 3.51. The molecule has 1 aliphatic heterocycles. The summed E-state index contributed by atoms with van der Waals surface area (Å²) in [5.74, 6) is -0.895. The van der Waals surface area contributed by atoms with E-state index >= 15 is 0 Å². The highest BCUT2D eigenvalue weighted by molar-refractivity contribution is 6.16. The molecule has 0 aromatic heterocycles. The Kier molecular flexibility index (Phi) is 7.16. The number of benzene rings is 2. The summed E-state index contributed by atoms with van der Waals surface area (Å²) in [5, 5.41) is 9.87. The van der Waals surface area contributed by atoms with Gasteiger partial charge in [-0.2, -0.15) is 5.48 Å². The molecule has 0 unspecified atom stereocenters. The molecular weight excluding hydrogens is 386 g/mol. The summed E-state index contributed by atoms with van der Waals surface area (Å²) in [4.78, 5) is 39.6. The molecule has 0 aliphatic carbocycles. The number of quaternary nitrogens is 1. The number of anilines is 2. The molecular formula is C22H26N3O5+. The van der Waals surface area contributed by atoms with Gasteiger partial charge in [-0.05, 0) is 31.0 Å². The predicted molar refractivity (Wildman–Crippen MR) is 110 cm³/mol. The first-order valence-corrected chi connectivity index (χ1v) is 9.95. The summed E-state index contributed by atoms with van der Waals surface area (Å²) in [6.45, 7) is 2.43. The molecule has 30 heavy (non-hydrogen) atoms. The molecule has 0 saturated carbocycles. The second-order valence-corrected chi connectivity index (χ2v) is 7.00. The Bertz CT molecular complexity index is 900. The lowest BCUT2D eigenvalue weighted by Gasteiger charge is -2.27. The maximum atomic E-state index is 12.2. The van der Waals surface area contributed by atoms with E-state index in [4.69, 9.17) is 4.74 Å². The molecule has 8 nitrogen and oxygen atoms in total. The van der Waals surface area contributed by atoms with Crippen LogP contribution in [0, 0.1) is 0 Å². The van der Waals surface area contributed by atoms with E-state index < -0.39 is 0 Å². The number of imide groups is 1. The molecule has 0 bridgehead atoms. The lowest BCUT2D eigenvalue weighted by atomic mass is 10.1. The molecule has 0 radical (unpaired) electrons. The number of ether oxygens (including phenoxy) is 1. The smallest absolute Gasteiger partial charge is 0.325 e. The Balaban J connectivity index is 1.94. The standard InChI is InChI=1S/C22H25N3O5/c1-2-30-22(28)15-24(14-16-7-4-3-5-8-16)19-12-11-17(13-18(19)23-29)25-20(26)9-6-10-21(25)27/h3-5,7-8,11-13,23,29H,2,6,9-10,14-15H2,1H3/p+1. The molecule has 1 saturated heterocycles. The van der Waals surface area contributed by atoms with Gasteiger partial charge in [-0.1, -0.05) is 30.3 Å². The van der Waals surface area contributed by atoms with Crippen LogP contribution < -0.4 is 15.3 Å². The topological polar surface area (TPSA) is 104 Å². The van der Waals surface area contributed by atoms with Crippen LogP contribution in [0.15, 0.2) is 48.5 Å². The van der Waals surface area contributed by atoms with Crippen molar-refractivity contribution < 1.29 is 29.8 Å². The van der Waals surface area contributed by atoms with Gasteiger partial charge in [-0.25, -0.2) is 5.21 Å². The van der Waals surface area contributed by atoms with E-state index in [9.17, 15) is 19.6 Å². The van der Waals surface area contributed by atoms with Gasteiger partial charge in [-0.3, -0.25) is 19.3 Å². The van der Waals surface area contributed by atoms with Crippen molar-refractivity contribution in [2.75, 3.05) is 23.0 Å². The van der Waals surface area contributed by atoms with Crippen molar-refractivity contribution in [3.05, 3.63) is 54.1 Å². The summed E-state index contributed by atoms with van der Waals surface area (Å²) in [6, 6.07) is 14.6. The van der Waals surface area contributed by atoms with Gasteiger partial charge in [-0.15, -0.1) is 0 Å². The van der Waals surface area contributed by atoms with Crippen LogP contribution in [0.5, 0.6) is 0 Å². The van der Waals surface area contributed by atoms with Gasteiger partial charge in [0.15, 0.2) is 5.69 Å². The maximum Gasteiger partial charge on any atom is 0.325 e. The normalized spacial score (nSPS) is 14.0. The average Bonchev–Trinajstić information content (AvgIpc) is 2.74. The van der Waals surface area contributed by atoms with Crippen LogP contribution in [0.4, 0.5) is 17.1 Å². The molecule has 158 valence electrons. The van der Waals surface area contributed by atoms with Crippen LogP contribution in [0.3, 0.4) is 0 Å². The Morgan fingerprint density at radius 3 is 2.47 bits per heavy atom. The molecule has 0 spiro atoms. The molecule has 2 aromatic carbocycles. The van der Waals surface area contributed by atoms with Crippen LogP contribution in [0.2, 0.25) is 0 Å². The van der Waals surface area contributed by atoms with Crippen molar-refractivity contribution in [1.29, 1.82) is 0 Å². The second-order valence-electron chi connectivity index (χ2n) is 7.00.